The molecule has 2 aromatic rings. The highest BCUT2D eigenvalue weighted by Gasteiger charge is 2.26. The Morgan fingerprint density at radius 3 is 2.62 bits per heavy atom. The molecular weight excluding hydrogens is 371 g/mol. The number of nitrogens with zero attached hydrogens (tertiary/aromatic N) is 3. The zero-order chi connectivity index (χ0) is 17.5. The van der Waals surface area contributed by atoms with Gasteiger partial charge in [-0.15, -0.1) is 0 Å². The van der Waals surface area contributed by atoms with E-state index in [1.807, 2.05) is 11.5 Å². The van der Waals surface area contributed by atoms with E-state index in [-0.39, 0.29) is 15.9 Å². The number of aromatic nitrogens is 3. The lowest BCUT2D eigenvalue weighted by atomic mass is 10.4. The Morgan fingerprint density at radius 2 is 2.00 bits per heavy atom. The van der Waals surface area contributed by atoms with Crippen molar-refractivity contribution in [3.05, 3.63) is 33.8 Å². The van der Waals surface area contributed by atoms with Crippen molar-refractivity contribution in [2.24, 2.45) is 5.92 Å². The van der Waals surface area contributed by atoms with E-state index in [4.69, 9.17) is 23.2 Å². The number of hydrogen-bond acceptors (Lipinski definition) is 4. The summed E-state index contributed by atoms with van der Waals surface area (Å²) in [6.07, 6.45) is 4.62. The van der Waals surface area contributed by atoms with Gasteiger partial charge >= 0.3 is 0 Å². The van der Waals surface area contributed by atoms with Crippen LogP contribution in [0.25, 0.3) is 0 Å². The first-order chi connectivity index (χ1) is 11.3. The van der Waals surface area contributed by atoms with Crippen LogP contribution < -0.4 is 4.72 Å². The predicted molar refractivity (Wildman–Crippen MR) is 94.1 cm³/mol. The van der Waals surface area contributed by atoms with E-state index in [0.29, 0.717) is 23.1 Å². The molecule has 0 radical (unpaired) electrons. The van der Waals surface area contributed by atoms with Crippen molar-refractivity contribution in [2.75, 3.05) is 4.72 Å². The standard InChI is InChI=1S/C15H18Cl2N4O2S/c1-3-13-19-14(8-21(13)7-10-4-5-10)24(22,23)20-15-12(17)6-11(16)9(2)18-15/h6,8,10H,3-5,7H2,1-2H3,(H,18,20). The van der Waals surface area contributed by atoms with E-state index in [2.05, 4.69) is 14.7 Å². The van der Waals surface area contributed by atoms with Crippen LogP contribution in [-0.4, -0.2) is 23.0 Å². The van der Waals surface area contributed by atoms with Crippen molar-refractivity contribution < 1.29 is 8.42 Å². The van der Waals surface area contributed by atoms with Crippen LogP contribution in [0.1, 0.15) is 31.3 Å². The number of pyridine rings is 1. The van der Waals surface area contributed by atoms with Crippen molar-refractivity contribution in [1.82, 2.24) is 14.5 Å². The summed E-state index contributed by atoms with van der Waals surface area (Å²) >= 11 is 12.0. The first kappa shape index (κ1) is 17.5. The molecule has 1 aliphatic carbocycles. The van der Waals surface area contributed by atoms with Crippen molar-refractivity contribution >= 4 is 39.0 Å². The van der Waals surface area contributed by atoms with Gasteiger partial charge in [-0.2, -0.15) is 8.42 Å². The lowest BCUT2D eigenvalue weighted by molar-refractivity contribution is 0.594. The molecule has 0 bridgehead atoms. The molecule has 6 nitrogen and oxygen atoms in total. The van der Waals surface area contributed by atoms with Gasteiger partial charge < -0.3 is 4.57 Å². The van der Waals surface area contributed by atoms with Gasteiger partial charge in [0.2, 0.25) is 0 Å². The molecule has 0 aromatic carbocycles. The highest BCUT2D eigenvalue weighted by atomic mass is 35.5. The number of rotatable bonds is 6. The van der Waals surface area contributed by atoms with Crippen LogP contribution in [0.2, 0.25) is 10.0 Å². The first-order valence-electron chi connectivity index (χ1n) is 7.71. The van der Waals surface area contributed by atoms with Gasteiger partial charge in [0.1, 0.15) is 5.82 Å². The average molecular weight is 389 g/mol. The molecule has 1 aliphatic rings. The minimum Gasteiger partial charge on any atom is -0.333 e. The fraction of sp³-hybridized carbons (Fsp3) is 0.467. The van der Waals surface area contributed by atoms with Crippen molar-refractivity contribution in [3.63, 3.8) is 0 Å². The Bertz CT molecular complexity index is 876. The molecule has 2 aromatic heterocycles. The number of imidazole rings is 1. The highest BCUT2D eigenvalue weighted by molar-refractivity contribution is 7.92. The molecule has 0 amide bonds. The van der Waals surface area contributed by atoms with Crippen LogP contribution in [0.3, 0.4) is 0 Å². The van der Waals surface area contributed by atoms with Crippen LogP contribution in [-0.2, 0) is 23.0 Å². The van der Waals surface area contributed by atoms with E-state index >= 15 is 0 Å². The zero-order valence-electron chi connectivity index (χ0n) is 13.4. The third kappa shape index (κ3) is 3.68. The molecule has 0 aliphatic heterocycles. The van der Waals surface area contributed by atoms with E-state index in [9.17, 15) is 8.42 Å². The predicted octanol–water partition coefficient (Wildman–Crippen LogP) is 3.67. The summed E-state index contributed by atoms with van der Waals surface area (Å²) in [6.45, 7) is 4.44. The normalized spacial score (nSPS) is 14.8. The molecule has 1 saturated carbocycles. The zero-order valence-corrected chi connectivity index (χ0v) is 15.7. The van der Waals surface area contributed by atoms with Gasteiger partial charge in [0.15, 0.2) is 10.8 Å². The van der Waals surface area contributed by atoms with E-state index in [0.717, 1.165) is 12.4 Å². The molecular formula is C15H18Cl2N4O2S. The molecule has 3 rings (SSSR count). The second-order valence-corrected chi connectivity index (χ2v) is 8.38. The minimum absolute atomic E-state index is 0.0227. The lowest BCUT2D eigenvalue weighted by Gasteiger charge is -2.08. The summed E-state index contributed by atoms with van der Waals surface area (Å²) in [6, 6.07) is 1.46. The summed E-state index contributed by atoms with van der Waals surface area (Å²) in [5.74, 6) is 1.44. The van der Waals surface area contributed by atoms with Gasteiger partial charge in [-0.05, 0) is 31.7 Å². The SMILES string of the molecule is CCc1nc(S(=O)(=O)Nc2nc(C)c(Cl)cc2Cl)cn1CC1CC1. The van der Waals surface area contributed by atoms with Crippen molar-refractivity contribution in [1.29, 1.82) is 0 Å². The lowest BCUT2D eigenvalue weighted by Crippen LogP contribution is -2.15. The summed E-state index contributed by atoms with van der Waals surface area (Å²) in [5, 5.41) is 0.498. The number of nitrogens with one attached hydrogen (secondary N) is 1. The molecule has 24 heavy (non-hydrogen) atoms. The highest BCUT2D eigenvalue weighted by Crippen LogP contribution is 2.32. The number of hydrogen-bond donors (Lipinski definition) is 1. The first-order valence-corrected chi connectivity index (χ1v) is 9.95. The summed E-state index contributed by atoms with van der Waals surface area (Å²) in [5.41, 5.74) is 0.493. The Labute approximate surface area is 151 Å². The molecule has 1 fully saturated rings. The third-order valence-electron chi connectivity index (χ3n) is 3.92. The Hall–Kier alpha value is -1.31. The molecule has 0 saturated heterocycles. The van der Waals surface area contributed by atoms with Gasteiger partial charge in [0.25, 0.3) is 10.0 Å². The van der Waals surface area contributed by atoms with E-state index < -0.39 is 10.0 Å². The topological polar surface area (TPSA) is 76.9 Å². The maximum Gasteiger partial charge on any atom is 0.282 e. The van der Waals surface area contributed by atoms with E-state index in [1.54, 1.807) is 13.1 Å². The maximum atomic E-state index is 12.6. The molecule has 130 valence electrons. The molecule has 0 spiro atoms. The van der Waals surface area contributed by atoms with Crippen molar-refractivity contribution in [2.45, 2.75) is 44.7 Å². The smallest absolute Gasteiger partial charge is 0.282 e. The van der Waals surface area contributed by atoms with Gasteiger partial charge in [0, 0.05) is 19.2 Å². The Balaban J connectivity index is 1.90. The second-order valence-electron chi connectivity index (χ2n) is 5.94. The van der Waals surface area contributed by atoms with Crippen LogP contribution in [0, 0.1) is 12.8 Å². The number of halogens is 2. The van der Waals surface area contributed by atoms with Crippen LogP contribution in [0.15, 0.2) is 17.3 Å². The summed E-state index contributed by atoms with van der Waals surface area (Å²) in [4.78, 5) is 8.36. The molecule has 1 N–H and O–H groups in total. The maximum absolute atomic E-state index is 12.6. The average Bonchev–Trinajstić information content (AvgIpc) is 3.21. The molecule has 0 unspecified atom stereocenters. The Kier molecular flexibility index (Phi) is 4.77. The largest absolute Gasteiger partial charge is 0.333 e. The van der Waals surface area contributed by atoms with E-state index in [1.165, 1.54) is 18.9 Å². The third-order valence-corrected chi connectivity index (χ3v) is 5.80. The number of sulfonamides is 1. The van der Waals surface area contributed by atoms with Crippen LogP contribution in [0.4, 0.5) is 5.82 Å². The summed E-state index contributed by atoms with van der Waals surface area (Å²) < 4.78 is 29.6. The fourth-order valence-corrected chi connectivity index (χ4v) is 3.85. The fourth-order valence-electron chi connectivity index (χ4n) is 2.39. The Morgan fingerprint density at radius 1 is 1.29 bits per heavy atom. The molecule has 9 heteroatoms. The summed E-state index contributed by atoms with van der Waals surface area (Å²) in [7, 11) is -3.86. The second kappa shape index (κ2) is 6.54. The number of anilines is 1. The number of aryl methyl sites for hydroxylation is 2. The van der Waals surface area contributed by atoms with Gasteiger partial charge in [-0.25, -0.2) is 9.97 Å². The van der Waals surface area contributed by atoms with Crippen molar-refractivity contribution in [3.8, 4) is 0 Å². The van der Waals surface area contributed by atoms with Gasteiger partial charge in [0.05, 0.1) is 15.7 Å². The van der Waals surface area contributed by atoms with Crippen LogP contribution in [0.5, 0.6) is 0 Å². The molecule has 2 heterocycles. The molecule has 0 atom stereocenters. The van der Waals surface area contributed by atoms with Gasteiger partial charge in [-0.3, -0.25) is 4.72 Å². The van der Waals surface area contributed by atoms with Crippen LogP contribution >= 0.6 is 23.2 Å². The minimum atomic E-state index is -3.86. The van der Waals surface area contributed by atoms with Gasteiger partial charge in [-0.1, -0.05) is 30.1 Å². The quantitative estimate of drug-likeness (QED) is 0.818. The monoisotopic (exact) mass is 388 g/mol.